The van der Waals surface area contributed by atoms with Crippen LogP contribution < -0.4 is 9.47 Å². The average molecular weight is 549 g/mol. The van der Waals surface area contributed by atoms with Crippen LogP contribution in [0.4, 0.5) is 0 Å². The van der Waals surface area contributed by atoms with Gasteiger partial charge >= 0.3 is 5.97 Å². The fraction of sp³-hybridized carbons (Fsp3) is 0.130. The highest BCUT2D eigenvalue weighted by molar-refractivity contribution is 9.10. The predicted octanol–water partition coefficient (Wildman–Crippen LogP) is 5.80. The van der Waals surface area contributed by atoms with Gasteiger partial charge in [0.25, 0.3) is 0 Å². The topological polar surface area (TPSA) is 77.4 Å². The maximum absolute atomic E-state index is 10.5. The van der Waals surface area contributed by atoms with Crippen LogP contribution in [0.2, 0.25) is 0 Å². The first-order valence-corrected chi connectivity index (χ1v) is 10.8. The fourth-order valence-corrected chi connectivity index (χ4v) is 3.04. The van der Waals surface area contributed by atoms with E-state index >= 15 is 0 Å². The summed E-state index contributed by atoms with van der Waals surface area (Å²) in [6, 6.07) is 21.1. The molecular formula is C23H19Br2NO5. The predicted molar refractivity (Wildman–Crippen MR) is 125 cm³/mol. The molecule has 0 fully saturated rings. The van der Waals surface area contributed by atoms with Gasteiger partial charge in [0.2, 0.25) is 6.61 Å². The highest BCUT2D eigenvalue weighted by Crippen LogP contribution is 2.30. The van der Waals surface area contributed by atoms with Gasteiger partial charge in [-0.1, -0.05) is 61.3 Å². The third kappa shape index (κ3) is 7.73. The molecular weight excluding hydrogens is 530 g/mol. The normalized spacial score (nSPS) is 10.8. The van der Waals surface area contributed by atoms with E-state index in [4.69, 9.17) is 19.4 Å². The van der Waals surface area contributed by atoms with Gasteiger partial charge in [0, 0.05) is 14.5 Å². The average Bonchev–Trinajstić information content (AvgIpc) is 2.76. The molecule has 0 aliphatic rings. The number of carbonyl (C=O) groups is 1. The molecule has 0 bridgehead atoms. The molecule has 0 atom stereocenters. The van der Waals surface area contributed by atoms with E-state index in [9.17, 15) is 4.79 Å². The summed E-state index contributed by atoms with van der Waals surface area (Å²) < 4.78 is 14.0. The maximum Gasteiger partial charge on any atom is 0.344 e. The van der Waals surface area contributed by atoms with Crippen LogP contribution in [0.1, 0.15) is 16.7 Å². The van der Waals surface area contributed by atoms with E-state index in [2.05, 4.69) is 37.0 Å². The summed E-state index contributed by atoms with van der Waals surface area (Å²) in [5.41, 5.74) is 2.72. The number of carboxylic acids is 1. The van der Waals surface area contributed by atoms with Crippen molar-refractivity contribution in [3.63, 3.8) is 0 Å². The van der Waals surface area contributed by atoms with Gasteiger partial charge < -0.3 is 19.4 Å². The molecule has 6 nitrogen and oxygen atoms in total. The van der Waals surface area contributed by atoms with Crippen LogP contribution in [-0.2, 0) is 22.8 Å². The Morgan fingerprint density at radius 3 is 1.94 bits per heavy atom. The van der Waals surface area contributed by atoms with Crippen molar-refractivity contribution < 1.29 is 24.2 Å². The lowest BCUT2D eigenvalue weighted by atomic mass is 10.2. The third-order valence-electron chi connectivity index (χ3n) is 4.05. The van der Waals surface area contributed by atoms with Crippen molar-refractivity contribution in [3.05, 3.63) is 92.4 Å². The molecule has 160 valence electrons. The van der Waals surface area contributed by atoms with Crippen molar-refractivity contribution in [2.24, 2.45) is 5.16 Å². The zero-order valence-corrected chi connectivity index (χ0v) is 19.5. The minimum atomic E-state index is -1.09. The first-order valence-electron chi connectivity index (χ1n) is 9.25. The number of carboxylic acid groups (broad SMARTS) is 1. The summed E-state index contributed by atoms with van der Waals surface area (Å²) in [4.78, 5) is 15.2. The number of nitrogens with zero attached hydrogens (tertiary/aromatic N) is 1. The quantitative estimate of drug-likeness (QED) is 0.256. The van der Waals surface area contributed by atoms with Gasteiger partial charge in [0.1, 0.15) is 13.2 Å². The molecule has 8 heteroatoms. The lowest BCUT2D eigenvalue weighted by Gasteiger charge is -2.14. The van der Waals surface area contributed by atoms with Crippen molar-refractivity contribution in [1.82, 2.24) is 0 Å². The Balaban J connectivity index is 1.73. The van der Waals surface area contributed by atoms with Crippen LogP contribution in [-0.4, -0.2) is 23.9 Å². The molecule has 0 aliphatic heterocycles. The standard InChI is InChI=1S/C23H19Br2NO5/c24-19-6-1-16(2-7-19)13-29-21-10-5-18(12-26-31-15-23(27)28)11-22(21)30-14-17-3-8-20(25)9-4-17/h1-12H,13-15H2,(H,27,28). The van der Waals surface area contributed by atoms with Crippen molar-refractivity contribution >= 4 is 44.0 Å². The summed E-state index contributed by atoms with van der Waals surface area (Å²) in [6.45, 7) is 0.243. The summed E-state index contributed by atoms with van der Waals surface area (Å²) in [6.07, 6.45) is 1.42. The maximum atomic E-state index is 10.5. The number of rotatable bonds is 10. The van der Waals surface area contributed by atoms with Gasteiger partial charge in [-0.05, 0) is 53.6 Å². The van der Waals surface area contributed by atoms with E-state index in [1.807, 2.05) is 48.5 Å². The Bertz CT molecular complexity index is 1040. The van der Waals surface area contributed by atoms with E-state index in [0.717, 1.165) is 20.1 Å². The molecule has 0 amide bonds. The van der Waals surface area contributed by atoms with E-state index in [1.54, 1.807) is 18.2 Å². The van der Waals surface area contributed by atoms with Crippen molar-refractivity contribution in [2.75, 3.05) is 6.61 Å². The Hall–Kier alpha value is -2.84. The fourth-order valence-electron chi connectivity index (χ4n) is 2.51. The van der Waals surface area contributed by atoms with Gasteiger partial charge in [-0.2, -0.15) is 0 Å². The number of hydrogen-bond donors (Lipinski definition) is 1. The van der Waals surface area contributed by atoms with Crippen LogP contribution in [0.3, 0.4) is 0 Å². The van der Waals surface area contributed by atoms with Crippen molar-refractivity contribution in [3.8, 4) is 11.5 Å². The molecule has 0 spiro atoms. The minimum Gasteiger partial charge on any atom is -0.485 e. The van der Waals surface area contributed by atoms with Gasteiger partial charge in [-0.15, -0.1) is 0 Å². The largest absolute Gasteiger partial charge is 0.485 e. The molecule has 3 aromatic carbocycles. The summed E-state index contributed by atoms with van der Waals surface area (Å²) >= 11 is 6.84. The Morgan fingerprint density at radius 1 is 0.839 bits per heavy atom. The first-order chi connectivity index (χ1) is 15.0. The summed E-state index contributed by atoms with van der Waals surface area (Å²) in [7, 11) is 0. The number of ether oxygens (including phenoxy) is 2. The summed E-state index contributed by atoms with van der Waals surface area (Å²) in [5, 5.41) is 12.3. The first kappa shape index (κ1) is 22.8. The summed E-state index contributed by atoms with van der Waals surface area (Å²) in [5.74, 6) is 0.0400. The Kier molecular flexibility index (Phi) is 8.49. The smallest absolute Gasteiger partial charge is 0.344 e. The molecule has 31 heavy (non-hydrogen) atoms. The lowest BCUT2D eigenvalue weighted by Crippen LogP contribution is -2.03. The number of oxime groups is 1. The van der Waals surface area contributed by atoms with Gasteiger partial charge in [0.05, 0.1) is 6.21 Å². The van der Waals surface area contributed by atoms with Crippen molar-refractivity contribution in [1.29, 1.82) is 0 Å². The number of aliphatic carboxylic acids is 1. The molecule has 0 unspecified atom stereocenters. The number of halogens is 2. The van der Waals surface area contributed by atoms with Gasteiger partial charge in [-0.3, -0.25) is 0 Å². The van der Waals surface area contributed by atoms with E-state index in [-0.39, 0.29) is 0 Å². The van der Waals surface area contributed by atoms with Crippen LogP contribution in [0.25, 0.3) is 0 Å². The highest BCUT2D eigenvalue weighted by atomic mass is 79.9. The minimum absolute atomic E-state index is 0.359. The molecule has 0 aliphatic carbocycles. The second-order valence-electron chi connectivity index (χ2n) is 6.44. The molecule has 1 N–H and O–H groups in total. The number of hydrogen-bond acceptors (Lipinski definition) is 5. The second-order valence-corrected chi connectivity index (χ2v) is 8.27. The number of benzene rings is 3. The van der Waals surface area contributed by atoms with Gasteiger partial charge in [0.15, 0.2) is 11.5 Å². The van der Waals surface area contributed by atoms with E-state index in [1.165, 1.54) is 6.21 Å². The zero-order valence-electron chi connectivity index (χ0n) is 16.3. The van der Waals surface area contributed by atoms with E-state index < -0.39 is 12.6 Å². The van der Waals surface area contributed by atoms with Crippen molar-refractivity contribution in [2.45, 2.75) is 13.2 Å². The zero-order chi connectivity index (χ0) is 22.1. The Morgan fingerprint density at radius 2 is 1.39 bits per heavy atom. The van der Waals surface area contributed by atoms with Gasteiger partial charge in [-0.25, -0.2) is 4.79 Å². The van der Waals surface area contributed by atoms with Crippen LogP contribution in [0, 0.1) is 0 Å². The molecule has 0 saturated heterocycles. The van der Waals surface area contributed by atoms with E-state index in [0.29, 0.717) is 30.3 Å². The monoisotopic (exact) mass is 547 g/mol. The molecule has 0 heterocycles. The second kappa shape index (κ2) is 11.5. The molecule has 0 radical (unpaired) electrons. The Labute approximate surface area is 196 Å². The lowest BCUT2D eigenvalue weighted by molar-refractivity contribution is -0.142. The van der Waals surface area contributed by atoms with Crippen LogP contribution in [0.15, 0.2) is 80.8 Å². The molecule has 0 saturated carbocycles. The molecule has 3 rings (SSSR count). The van der Waals surface area contributed by atoms with Crippen LogP contribution >= 0.6 is 31.9 Å². The van der Waals surface area contributed by atoms with Crippen LogP contribution in [0.5, 0.6) is 11.5 Å². The third-order valence-corrected chi connectivity index (χ3v) is 5.10. The highest BCUT2D eigenvalue weighted by Gasteiger charge is 2.08. The molecule has 3 aromatic rings. The molecule has 0 aromatic heterocycles. The SMILES string of the molecule is O=C(O)CON=Cc1ccc(OCc2ccc(Br)cc2)c(OCc2ccc(Br)cc2)c1.